The molecule has 0 amide bonds. The Morgan fingerprint density at radius 3 is 1.99 bits per heavy atom. The van der Waals surface area contributed by atoms with E-state index in [1.807, 2.05) is 27.7 Å². The molecule has 9 rings (SSSR count). The third kappa shape index (κ3) is 9.96. The van der Waals surface area contributed by atoms with Gasteiger partial charge in [-0.1, -0.05) is 184 Å². The number of benzene rings is 5. The van der Waals surface area contributed by atoms with Gasteiger partial charge in [0, 0.05) is 16.9 Å². The van der Waals surface area contributed by atoms with Gasteiger partial charge < -0.3 is 24.0 Å². The van der Waals surface area contributed by atoms with Gasteiger partial charge in [-0.05, 0) is 190 Å². The lowest BCUT2D eigenvalue weighted by Gasteiger charge is -2.41. The summed E-state index contributed by atoms with van der Waals surface area (Å²) in [6.45, 7) is 35.5. The highest BCUT2D eigenvalue weighted by Gasteiger charge is 2.56. The first-order valence-corrected chi connectivity index (χ1v) is 29.3. The van der Waals surface area contributed by atoms with Crippen LogP contribution in [0.2, 0.25) is 0 Å². The summed E-state index contributed by atoms with van der Waals surface area (Å²) in [7, 11) is -0.181. The second kappa shape index (κ2) is 20.9. The third-order valence-electron chi connectivity index (χ3n) is 19.8. The molecule has 4 aliphatic rings. The topological polar surface area (TPSA) is 51.2 Å². The van der Waals surface area contributed by atoms with Crippen molar-refractivity contribution >= 4 is 48.2 Å². The standard InChI is InChI=1S/C69H91B2NO4/c1-17-67(15,40-24-26-46(3)4)48-36-38-54-55-39-37-49(68(16,18-2)41-25-27-47(5)6)43-60(55)69(59(54)42-48)57-33-20-19-32-56(57)62-58(69)34-23-35-61(62)72(52-30-21-28-50(44-52)70-74-64(9,10)63(7,8)73)53-31-22-29-51(45-53)71-75-65(11,12)66(13,14)76-71/h19-23,28-39,42,44-47,49,70,73H,17-18,24-27,40-41,43H2,1-16H3. The second-order valence-corrected chi connectivity index (χ2v) is 26.9. The van der Waals surface area contributed by atoms with E-state index < -0.39 is 34.9 Å². The van der Waals surface area contributed by atoms with Crippen LogP contribution in [0.4, 0.5) is 17.1 Å². The van der Waals surface area contributed by atoms with Gasteiger partial charge in [0.05, 0.1) is 33.5 Å². The summed E-state index contributed by atoms with van der Waals surface area (Å²) in [5, 5.41) is 11.1. The van der Waals surface area contributed by atoms with Crippen molar-refractivity contribution in [2.45, 2.75) is 202 Å². The summed E-state index contributed by atoms with van der Waals surface area (Å²) in [6.07, 6.45) is 15.8. The van der Waals surface area contributed by atoms with E-state index in [-0.39, 0.29) is 10.8 Å². The summed E-state index contributed by atoms with van der Waals surface area (Å²) in [5.74, 6) is 1.80. The number of rotatable bonds is 20. The van der Waals surface area contributed by atoms with E-state index in [9.17, 15) is 5.11 Å². The number of aliphatic hydroxyl groups is 1. The molecule has 0 bridgehead atoms. The zero-order valence-corrected chi connectivity index (χ0v) is 49.5. The van der Waals surface area contributed by atoms with E-state index in [0.29, 0.717) is 25.2 Å². The maximum atomic E-state index is 11.1. The van der Waals surface area contributed by atoms with E-state index in [4.69, 9.17) is 14.0 Å². The van der Waals surface area contributed by atoms with Gasteiger partial charge in [-0.15, -0.1) is 0 Å². The molecule has 402 valence electrons. The molecule has 5 aromatic carbocycles. The minimum atomic E-state index is -1.03. The Hall–Kier alpha value is -4.65. The predicted octanol–water partition coefficient (Wildman–Crippen LogP) is 16.4. The molecule has 4 unspecified atom stereocenters. The number of allylic oxidation sites excluding steroid dienone is 4. The lowest BCUT2D eigenvalue weighted by atomic mass is 9.62. The van der Waals surface area contributed by atoms with Crippen LogP contribution < -0.4 is 15.8 Å². The Balaban J connectivity index is 1.28. The Bertz CT molecular complexity index is 2980. The molecule has 1 N–H and O–H groups in total. The van der Waals surface area contributed by atoms with Gasteiger partial charge in [0.15, 0.2) is 0 Å². The zero-order chi connectivity index (χ0) is 54.8. The molecule has 0 aromatic heterocycles. The smallest absolute Gasteiger partial charge is 0.427 e. The maximum absolute atomic E-state index is 11.1. The van der Waals surface area contributed by atoms with Crippen LogP contribution in [0, 0.1) is 23.2 Å². The number of hydrogen-bond acceptors (Lipinski definition) is 5. The van der Waals surface area contributed by atoms with E-state index in [1.54, 1.807) is 5.57 Å². The number of hydrogen-bond donors (Lipinski definition) is 1. The van der Waals surface area contributed by atoms with Crippen LogP contribution in [-0.4, -0.2) is 42.1 Å². The van der Waals surface area contributed by atoms with Crippen molar-refractivity contribution in [2.75, 3.05) is 4.90 Å². The minimum Gasteiger partial charge on any atom is -0.427 e. The van der Waals surface area contributed by atoms with Gasteiger partial charge in [0.2, 0.25) is 0 Å². The Morgan fingerprint density at radius 1 is 0.697 bits per heavy atom. The average molecular weight is 1020 g/mol. The highest BCUT2D eigenvalue weighted by atomic mass is 16.7. The first-order chi connectivity index (χ1) is 35.8. The van der Waals surface area contributed by atoms with E-state index in [1.165, 1.54) is 83.0 Å². The summed E-state index contributed by atoms with van der Waals surface area (Å²) < 4.78 is 20.0. The van der Waals surface area contributed by atoms with Gasteiger partial charge in [-0.3, -0.25) is 0 Å². The van der Waals surface area contributed by atoms with E-state index >= 15 is 0 Å². The van der Waals surface area contributed by atoms with Crippen molar-refractivity contribution in [1.29, 1.82) is 0 Å². The largest absolute Gasteiger partial charge is 0.494 e. The van der Waals surface area contributed by atoms with Crippen molar-refractivity contribution in [3.8, 4) is 11.1 Å². The molecular weight excluding hydrogens is 928 g/mol. The maximum Gasteiger partial charge on any atom is 0.494 e. The van der Waals surface area contributed by atoms with Crippen molar-refractivity contribution in [1.82, 2.24) is 0 Å². The third-order valence-corrected chi connectivity index (χ3v) is 19.8. The highest BCUT2D eigenvalue weighted by molar-refractivity contribution is 6.62. The highest BCUT2D eigenvalue weighted by Crippen LogP contribution is 2.67. The van der Waals surface area contributed by atoms with Crippen molar-refractivity contribution < 1.29 is 19.1 Å². The molecule has 1 aliphatic heterocycles. The molecule has 4 atom stereocenters. The van der Waals surface area contributed by atoms with E-state index in [0.717, 1.165) is 47.3 Å². The Kier molecular flexibility index (Phi) is 15.4. The summed E-state index contributed by atoms with van der Waals surface area (Å²) in [4.78, 5) is 2.46. The lowest BCUT2D eigenvalue weighted by Crippen LogP contribution is -2.49. The molecule has 7 heteroatoms. The van der Waals surface area contributed by atoms with Crippen LogP contribution in [0.25, 0.3) is 16.7 Å². The molecule has 0 saturated carbocycles. The molecule has 1 saturated heterocycles. The van der Waals surface area contributed by atoms with E-state index in [2.05, 4.69) is 209 Å². The molecule has 76 heavy (non-hydrogen) atoms. The number of anilines is 3. The van der Waals surface area contributed by atoms with Crippen molar-refractivity contribution in [2.24, 2.45) is 23.2 Å². The molecule has 0 radical (unpaired) electrons. The van der Waals surface area contributed by atoms with Crippen LogP contribution in [0.5, 0.6) is 0 Å². The molecule has 1 fully saturated rings. The van der Waals surface area contributed by atoms with Gasteiger partial charge >= 0.3 is 14.6 Å². The predicted molar refractivity (Wildman–Crippen MR) is 324 cm³/mol. The fraction of sp³-hybridized carbons (Fsp3) is 0.507. The zero-order valence-electron chi connectivity index (χ0n) is 49.5. The molecule has 5 nitrogen and oxygen atoms in total. The van der Waals surface area contributed by atoms with Gasteiger partial charge in [-0.25, -0.2) is 0 Å². The molecule has 3 aliphatic carbocycles. The van der Waals surface area contributed by atoms with Crippen LogP contribution in [0.15, 0.2) is 127 Å². The minimum absolute atomic E-state index is 0.0441. The number of fused-ring (bicyclic) bond motifs is 9. The fourth-order valence-electron chi connectivity index (χ4n) is 12.9. The van der Waals surface area contributed by atoms with Crippen molar-refractivity contribution in [3.05, 3.63) is 155 Å². The summed E-state index contributed by atoms with van der Waals surface area (Å²) in [5.41, 5.74) is 14.6. The second-order valence-electron chi connectivity index (χ2n) is 26.9. The SMILES string of the molecule is CCC(C)(CCCC(C)C)c1ccc2c(c1)C1(C3=C2C=CC(C(C)(CC)CCCC(C)C)C3)c2ccccc2-c2c(N(c3cccc(BOC(C)(C)C(C)(C)O)c3)c3cccc(B4OC(C)(C)C(C)(C)O4)c3)cccc21. The molecule has 1 heterocycles. The van der Waals surface area contributed by atoms with Gasteiger partial charge in [0.25, 0.3) is 0 Å². The summed E-state index contributed by atoms with van der Waals surface area (Å²) >= 11 is 0. The quantitative estimate of drug-likeness (QED) is 0.0788. The normalized spacial score (nSPS) is 20.9. The van der Waals surface area contributed by atoms with Crippen LogP contribution in [0.1, 0.15) is 196 Å². The molecule has 1 spiro atoms. The monoisotopic (exact) mass is 1020 g/mol. The Morgan fingerprint density at radius 2 is 1.33 bits per heavy atom. The van der Waals surface area contributed by atoms with Crippen LogP contribution in [-0.2, 0) is 24.8 Å². The average Bonchev–Trinajstić information content (AvgIpc) is 4.14. The lowest BCUT2D eigenvalue weighted by molar-refractivity contribution is -0.0893. The summed E-state index contributed by atoms with van der Waals surface area (Å²) in [6, 6.07) is 41.8. The Labute approximate surface area is 460 Å². The van der Waals surface area contributed by atoms with Crippen molar-refractivity contribution in [3.63, 3.8) is 0 Å². The van der Waals surface area contributed by atoms with Crippen LogP contribution >= 0.6 is 0 Å². The number of nitrogens with zero attached hydrogens (tertiary/aromatic N) is 1. The van der Waals surface area contributed by atoms with Gasteiger partial charge in [-0.2, -0.15) is 0 Å². The van der Waals surface area contributed by atoms with Crippen LogP contribution in [0.3, 0.4) is 0 Å². The first kappa shape index (κ1) is 56.1. The molecule has 5 aromatic rings. The first-order valence-electron chi connectivity index (χ1n) is 29.3. The fourth-order valence-corrected chi connectivity index (χ4v) is 12.9. The van der Waals surface area contributed by atoms with Gasteiger partial charge in [0.1, 0.15) is 0 Å². The molecular formula is C69H91B2NO4.